The molecule has 0 atom stereocenters. The number of hydrogen-bond acceptors (Lipinski definition) is 3. The molecular weight excluding hydrogens is 316 g/mol. The number of ether oxygens (including phenoxy) is 1. The highest BCUT2D eigenvalue weighted by molar-refractivity contribution is 5.95. The standard InChI is InChI=1S/C20H24N2O3/c1-13(2)16-6-8-17(9-7-16)20(24)22-21-19(23)12-25-18-10-5-14(3)11-15(18)4/h5-11,13H,12H2,1-4H3,(H,21,23)(H,22,24). The van der Waals surface area contributed by atoms with Gasteiger partial charge in [-0.15, -0.1) is 0 Å². The van der Waals surface area contributed by atoms with Gasteiger partial charge in [-0.05, 0) is 49.1 Å². The van der Waals surface area contributed by atoms with Crippen LogP contribution in [0.5, 0.6) is 5.75 Å². The van der Waals surface area contributed by atoms with Crippen LogP contribution in [0.2, 0.25) is 0 Å². The van der Waals surface area contributed by atoms with Crippen LogP contribution in [0, 0.1) is 13.8 Å². The van der Waals surface area contributed by atoms with Gasteiger partial charge in [0.2, 0.25) is 0 Å². The summed E-state index contributed by atoms with van der Waals surface area (Å²) in [4.78, 5) is 23.9. The minimum atomic E-state index is -0.424. The Kier molecular flexibility index (Phi) is 6.17. The van der Waals surface area contributed by atoms with Gasteiger partial charge in [0.25, 0.3) is 11.8 Å². The molecule has 0 spiro atoms. The van der Waals surface area contributed by atoms with E-state index in [-0.39, 0.29) is 12.5 Å². The maximum atomic E-state index is 12.0. The third kappa shape index (κ3) is 5.35. The number of aryl methyl sites for hydroxylation is 2. The molecule has 0 aliphatic rings. The van der Waals surface area contributed by atoms with Crippen molar-refractivity contribution in [2.75, 3.05) is 6.61 Å². The molecule has 132 valence electrons. The molecule has 5 nitrogen and oxygen atoms in total. The average molecular weight is 340 g/mol. The smallest absolute Gasteiger partial charge is 0.276 e. The molecule has 0 aromatic heterocycles. The Labute approximate surface area is 148 Å². The SMILES string of the molecule is Cc1ccc(OCC(=O)NNC(=O)c2ccc(C(C)C)cc2)c(C)c1. The van der Waals surface area contributed by atoms with Crippen molar-refractivity contribution in [2.24, 2.45) is 0 Å². The molecule has 0 unspecified atom stereocenters. The van der Waals surface area contributed by atoms with Crippen LogP contribution in [-0.4, -0.2) is 18.4 Å². The average Bonchev–Trinajstić information content (AvgIpc) is 2.59. The Morgan fingerprint density at radius 1 is 1.00 bits per heavy atom. The van der Waals surface area contributed by atoms with Crippen LogP contribution in [0.3, 0.4) is 0 Å². The number of hydrogen-bond donors (Lipinski definition) is 2. The van der Waals surface area contributed by atoms with E-state index in [1.54, 1.807) is 12.1 Å². The van der Waals surface area contributed by atoms with E-state index in [0.717, 1.165) is 16.7 Å². The number of benzene rings is 2. The molecule has 0 saturated heterocycles. The van der Waals surface area contributed by atoms with E-state index in [1.807, 2.05) is 44.2 Å². The number of carbonyl (C=O) groups excluding carboxylic acids is 2. The van der Waals surface area contributed by atoms with Crippen molar-refractivity contribution in [3.05, 3.63) is 64.7 Å². The summed E-state index contributed by atoms with van der Waals surface area (Å²) < 4.78 is 5.47. The van der Waals surface area contributed by atoms with Gasteiger partial charge >= 0.3 is 0 Å². The van der Waals surface area contributed by atoms with Crippen molar-refractivity contribution < 1.29 is 14.3 Å². The van der Waals surface area contributed by atoms with Gasteiger partial charge in [-0.1, -0.05) is 43.7 Å². The maximum absolute atomic E-state index is 12.0. The summed E-state index contributed by atoms with van der Waals surface area (Å²) in [7, 11) is 0. The van der Waals surface area contributed by atoms with E-state index in [9.17, 15) is 9.59 Å². The molecule has 0 radical (unpaired) electrons. The minimum Gasteiger partial charge on any atom is -0.483 e. The third-order valence-corrected chi connectivity index (χ3v) is 3.84. The Morgan fingerprint density at radius 3 is 2.28 bits per heavy atom. The molecule has 2 amide bonds. The highest BCUT2D eigenvalue weighted by Gasteiger charge is 2.09. The number of amides is 2. The first-order valence-corrected chi connectivity index (χ1v) is 8.26. The highest BCUT2D eigenvalue weighted by Crippen LogP contribution is 2.18. The normalized spacial score (nSPS) is 10.4. The van der Waals surface area contributed by atoms with Crippen LogP contribution in [0.1, 0.15) is 46.8 Å². The molecule has 0 heterocycles. The lowest BCUT2D eigenvalue weighted by Crippen LogP contribution is -2.43. The summed E-state index contributed by atoms with van der Waals surface area (Å²) in [6, 6.07) is 13.0. The van der Waals surface area contributed by atoms with Crippen LogP contribution in [0.25, 0.3) is 0 Å². The molecule has 0 aliphatic carbocycles. The van der Waals surface area contributed by atoms with Crippen molar-refractivity contribution in [2.45, 2.75) is 33.6 Å². The molecular formula is C20H24N2O3. The fourth-order valence-electron chi connectivity index (χ4n) is 2.36. The molecule has 2 N–H and O–H groups in total. The second-order valence-electron chi connectivity index (χ2n) is 6.34. The van der Waals surface area contributed by atoms with E-state index < -0.39 is 5.91 Å². The summed E-state index contributed by atoms with van der Waals surface area (Å²) in [5.74, 6) is 0.262. The number of carbonyl (C=O) groups is 2. The summed E-state index contributed by atoms with van der Waals surface area (Å²) in [6.45, 7) is 7.92. The lowest BCUT2D eigenvalue weighted by molar-refractivity contribution is -0.123. The van der Waals surface area contributed by atoms with Crippen LogP contribution < -0.4 is 15.6 Å². The van der Waals surface area contributed by atoms with Gasteiger partial charge in [0.05, 0.1) is 0 Å². The first kappa shape index (κ1) is 18.5. The molecule has 5 heteroatoms. The largest absolute Gasteiger partial charge is 0.483 e. The lowest BCUT2D eigenvalue weighted by Gasteiger charge is -2.11. The summed E-state index contributed by atoms with van der Waals surface area (Å²) in [5, 5.41) is 0. The maximum Gasteiger partial charge on any atom is 0.276 e. The van der Waals surface area contributed by atoms with Crippen LogP contribution in [-0.2, 0) is 4.79 Å². The number of rotatable bonds is 5. The Balaban J connectivity index is 1.81. The van der Waals surface area contributed by atoms with Gasteiger partial charge in [0, 0.05) is 5.56 Å². The van der Waals surface area contributed by atoms with Gasteiger partial charge in [-0.2, -0.15) is 0 Å². The summed E-state index contributed by atoms with van der Waals surface area (Å²) >= 11 is 0. The molecule has 2 aromatic rings. The van der Waals surface area contributed by atoms with E-state index in [1.165, 1.54) is 0 Å². The topological polar surface area (TPSA) is 67.4 Å². The van der Waals surface area contributed by atoms with Crippen molar-refractivity contribution in [1.82, 2.24) is 10.9 Å². The molecule has 2 aromatic carbocycles. The van der Waals surface area contributed by atoms with E-state index in [2.05, 4.69) is 24.7 Å². The fourth-order valence-corrected chi connectivity index (χ4v) is 2.36. The second-order valence-corrected chi connectivity index (χ2v) is 6.34. The van der Waals surface area contributed by atoms with E-state index in [4.69, 9.17) is 4.74 Å². The van der Waals surface area contributed by atoms with Crippen LogP contribution in [0.15, 0.2) is 42.5 Å². The lowest BCUT2D eigenvalue weighted by atomic mass is 10.0. The van der Waals surface area contributed by atoms with E-state index in [0.29, 0.717) is 17.2 Å². The predicted molar refractivity (Wildman–Crippen MR) is 97.6 cm³/mol. The van der Waals surface area contributed by atoms with Crippen molar-refractivity contribution in [1.29, 1.82) is 0 Å². The van der Waals surface area contributed by atoms with Gasteiger partial charge in [-0.25, -0.2) is 0 Å². The number of hydrazine groups is 1. The third-order valence-electron chi connectivity index (χ3n) is 3.84. The zero-order chi connectivity index (χ0) is 18.4. The Morgan fingerprint density at radius 2 is 1.68 bits per heavy atom. The molecule has 0 fully saturated rings. The first-order valence-electron chi connectivity index (χ1n) is 8.26. The zero-order valence-corrected chi connectivity index (χ0v) is 15.1. The highest BCUT2D eigenvalue weighted by atomic mass is 16.5. The monoisotopic (exact) mass is 340 g/mol. The quantitative estimate of drug-likeness (QED) is 0.821. The number of nitrogens with one attached hydrogen (secondary N) is 2. The molecule has 0 saturated carbocycles. The Bertz CT molecular complexity index is 752. The first-order chi connectivity index (χ1) is 11.9. The molecule has 0 aliphatic heterocycles. The molecule has 2 rings (SSSR count). The zero-order valence-electron chi connectivity index (χ0n) is 15.1. The second kappa shape index (κ2) is 8.33. The van der Waals surface area contributed by atoms with Gasteiger partial charge in [0.1, 0.15) is 5.75 Å². The van der Waals surface area contributed by atoms with E-state index >= 15 is 0 Å². The van der Waals surface area contributed by atoms with Gasteiger partial charge in [-0.3, -0.25) is 20.4 Å². The predicted octanol–water partition coefficient (Wildman–Crippen LogP) is 3.27. The molecule has 0 bridgehead atoms. The molecule has 25 heavy (non-hydrogen) atoms. The summed E-state index contributed by atoms with van der Waals surface area (Å²) in [5.41, 5.74) is 8.48. The minimum absolute atomic E-state index is 0.170. The van der Waals surface area contributed by atoms with Crippen LogP contribution in [0.4, 0.5) is 0 Å². The van der Waals surface area contributed by atoms with Gasteiger partial charge in [0.15, 0.2) is 6.61 Å². The fraction of sp³-hybridized carbons (Fsp3) is 0.300. The summed E-state index contributed by atoms with van der Waals surface area (Å²) in [6.07, 6.45) is 0. The van der Waals surface area contributed by atoms with Crippen molar-refractivity contribution >= 4 is 11.8 Å². The Hall–Kier alpha value is -2.82. The van der Waals surface area contributed by atoms with Crippen molar-refractivity contribution in [3.63, 3.8) is 0 Å². The van der Waals surface area contributed by atoms with Crippen LogP contribution >= 0.6 is 0 Å². The van der Waals surface area contributed by atoms with Crippen molar-refractivity contribution in [3.8, 4) is 5.75 Å². The van der Waals surface area contributed by atoms with Gasteiger partial charge < -0.3 is 4.74 Å².